The summed E-state index contributed by atoms with van der Waals surface area (Å²) in [5.41, 5.74) is 7.01. The molecule has 5 heteroatoms. The van der Waals surface area contributed by atoms with E-state index in [0.29, 0.717) is 16.2 Å². The molecular formula is C10H10ClNO2S. The lowest BCUT2D eigenvalue weighted by atomic mass is 10.0. The van der Waals surface area contributed by atoms with Gasteiger partial charge in [0.1, 0.15) is 0 Å². The molecule has 3 nitrogen and oxygen atoms in total. The second-order valence-corrected chi connectivity index (χ2v) is 5.75. The van der Waals surface area contributed by atoms with Crippen molar-refractivity contribution in [3.63, 3.8) is 0 Å². The van der Waals surface area contributed by atoms with E-state index in [1.54, 1.807) is 19.1 Å². The van der Waals surface area contributed by atoms with Crippen molar-refractivity contribution in [2.75, 3.05) is 0 Å². The third-order valence-electron chi connectivity index (χ3n) is 2.33. The van der Waals surface area contributed by atoms with Crippen LogP contribution in [-0.2, 0) is 9.84 Å². The molecule has 1 aromatic carbocycles. The number of hydrogen-bond acceptors (Lipinski definition) is 3. The van der Waals surface area contributed by atoms with Crippen molar-refractivity contribution in [1.82, 2.24) is 0 Å². The Morgan fingerprint density at radius 1 is 1.40 bits per heavy atom. The lowest BCUT2D eigenvalue weighted by Gasteiger charge is -2.07. The first-order valence-electron chi connectivity index (χ1n) is 4.44. The summed E-state index contributed by atoms with van der Waals surface area (Å²) in [5, 5.41) is 1.63. The highest BCUT2D eigenvalue weighted by Gasteiger charge is 2.28. The molecule has 1 atom stereocenters. The quantitative estimate of drug-likeness (QED) is 0.819. The van der Waals surface area contributed by atoms with Gasteiger partial charge in [0.05, 0.1) is 4.90 Å². The maximum absolute atomic E-state index is 11.7. The largest absolute Gasteiger partial charge is 0.324 e. The molecule has 1 aliphatic heterocycles. The first-order valence-corrected chi connectivity index (χ1v) is 6.36. The van der Waals surface area contributed by atoms with Crippen molar-refractivity contribution in [3.05, 3.63) is 34.2 Å². The summed E-state index contributed by atoms with van der Waals surface area (Å²) in [7, 11) is -3.35. The standard InChI is InChI=1S/C10H10ClNO2S/c1-6(12)9-5-15(13,14)10-4-7(11)2-3-8(9)10/h2-6H,12H2,1H3. The van der Waals surface area contributed by atoms with E-state index in [2.05, 4.69) is 0 Å². The highest BCUT2D eigenvalue weighted by Crippen LogP contribution is 2.36. The van der Waals surface area contributed by atoms with Crippen LogP contribution in [0.2, 0.25) is 5.02 Å². The Kier molecular flexibility index (Phi) is 2.37. The van der Waals surface area contributed by atoms with Crippen LogP contribution in [0.3, 0.4) is 0 Å². The average Bonchev–Trinajstić information content (AvgIpc) is 2.39. The van der Waals surface area contributed by atoms with E-state index < -0.39 is 9.84 Å². The number of hydrogen-bond donors (Lipinski definition) is 1. The predicted octanol–water partition coefficient (Wildman–Crippen LogP) is 1.82. The van der Waals surface area contributed by atoms with Crippen molar-refractivity contribution in [2.45, 2.75) is 17.9 Å². The van der Waals surface area contributed by atoms with E-state index in [0.717, 1.165) is 0 Å². The van der Waals surface area contributed by atoms with Crippen LogP contribution in [0.1, 0.15) is 12.5 Å². The van der Waals surface area contributed by atoms with Crippen LogP contribution in [0.5, 0.6) is 0 Å². The molecule has 2 rings (SSSR count). The van der Waals surface area contributed by atoms with Gasteiger partial charge in [-0.1, -0.05) is 17.7 Å². The van der Waals surface area contributed by atoms with Crippen molar-refractivity contribution in [2.24, 2.45) is 5.73 Å². The topological polar surface area (TPSA) is 60.2 Å². The van der Waals surface area contributed by atoms with E-state index in [1.807, 2.05) is 0 Å². The molecular weight excluding hydrogens is 234 g/mol. The Bertz CT molecular complexity index is 547. The molecule has 15 heavy (non-hydrogen) atoms. The molecule has 1 aromatic rings. The van der Waals surface area contributed by atoms with Crippen molar-refractivity contribution in [3.8, 4) is 0 Å². The van der Waals surface area contributed by atoms with Gasteiger partial charge in [-0.05, 0) is 30.2 Å². The summed E-state index contributed by atoms with van der Waals surface area (Å²) >= 11 is 5.76. The molecule has 1 unspecified atom stereocenters. The third kappa shape index (κ3) is 1.69. The van der Waals surface area contributed by atoms with Gasteiger partial charge < -0.3 is 5.73 Å². The van der Waals surface area contributed by atoms with Crippen molar-refractivity contribution >= 4 is 27.0 Å². The van der Waals surface area contributed by atoms with Gasteiger partial charge in [0.2, 0.25) is 9.84 Å². The fourth-order valence-electron chi connectivity index (χ4n) is 1.62. The second kappa shape index (κ2) is 3.33. The first-order chi connectivity index (χ1) is 6.92. The van der Waals surface area contributed by atoms with Gasteiger partial charge in [-0.15, -0.1) is 0 Å². The van der Waals surface area contributed by atoms with Crippen LogP contribution < -0.4 is 5.73 Å². The minimum absolute atomic E-state index is 0.252. The molecule has 0 amide bonds. The molecule has 0 aromatic heterocycles. The van der Waals surface area contributed by atoms with E-state index in [-0.39, 0.29) is 10.9 Å². The highest BCUT2D eigenvalue weighted by atomic mass is 35.5. The molecule has 0 saturated heterocycles. The van der Waals surface area contributed by atoms with Crippen LogP contribution >= 0.6 is 11.6 Å². The molecule has 0 aliphatic carbocycles. The molecule has 0 fully saturated rings. The number of rotatable bonds is 1. The van der Waals surface area contributed by atoms with E-state index in [9.17, 15) is 8.42 Å². The zero-order valence-electron chi connectivity index (χ0n) is 8.07. The summed E-state index contributed by atoms with van der Waals surface area (Å²) in [6.45, 7) is 1.76. The molecule has 80 valence electrons. The van der Waals surface area contributed by atoms with Crippen molar-refractivity contribution in [1.29, 1.82) is 0 Å². The zero-order valence-corrected chi connectivity index (χ0v) is 9.64. The molecule has 0 bridgehead atoms. The third-order valence-corrected chi connectivity index (χ3v) is 4.08. The van der Waals surface area contributed by atoms with Gasteiger partial charge in [0, 0.05) is 16.5 Å². The smallest absolute Gasteiger partial charge is 0.200 e. The Balaban J connectivity index is 2.73. The summed E-state index contributed by atoms with van der Waals surface area (Å²) in [4.78, 5) is 0.252. The lowest BCUT2D eigenvalue weighted by molar-refractivity contribution is 0.605. The van der Waals surface area contributed by atoms with E-state index in [4.69, 9.17) is 17.3 Å². The van der Waals surface area contributed by atoms with E-state index in [1.165, 1.54) is 11.5 Å². The fourth-order valence-corrected chi connectivity index (χ4v) is 3.44. The van der Waals surface area contributed by atoms with Crippen LogP contribution in [0.25, 0.3) is 5.57 Å². The Hall–Kier alpha value is -0.840. The van der Waals surface area contributed by atoms with Gasteiger partial charge >= 0.3 is 0 Å². The summed E-state index contributed by atoms with van der Waals surface area (Å²) in [6.07, 6.45) is 0. The van der Waals surface area contributed by atoms with Gasteiger partial charge in [0.15, 0.2) is 0 Å². The normalized spacial score (nSPS) is 19.5. The number of benzene rings is 1. The average molecular weight is 244 g/mol. The number of sulfone groups is 1. The van der Waals surface area contributed by atoms with E-state index >= 15 is 0 Å². The monoisotopic (exact) mass is 243 g/mol. The second-order valence-electron chi connectivity index (χ2n) is 3.55. The van der Waals surface area contributed by atoms with Crippen LogP contribution in [0.4, 0.5) is 0 Å². The van der Waals surface area contributed by atoms with Gasteiger partial charge in [-0.3, -0.25) is 0 Å². The Labute approximate surface area is 93.5 Å². The lowest BCUT2D eigenvalue weighted by Crippen LogP contribution is -2.15. The molecule has 2 N–H and O–H groups in total. The minimum atomic E-state index is -3.35. The number of halogens is 1. The predicted molar refractivity (Wildman–Crippen MR) is 60.3 cm³/mol. The van der Waals surface area contributed by atoms with Crippen LogP contribution in [0.15, 0.2) is 28.5 Å². The minimum Gasteiger partial charge on any atom is -0.324 e. The zero-order chi connectivity index (χ0) is 11.2. The SMILES string of the molecule is CC(N)C1=CS(=O)(=O)c2cc(Cl)ccc21. The van der Waals surface area contributed by atoms with Gasteiger partial charge in [0.25, 0.3) is 0 Å². The van der Waals surface area contributed by atoms with Gasteiger partial charge in [-0.25, -0.2) is 8.42 Å². The molecule has 0 radical (unpaired) electrons. The fraction of sp³-hybridized carbons (Fsp3) is 0.200. The Morgan fingerprint density at radius 3 is 2.67 bits per heavy atom. The van der Waals surface area contributed by atoms with Crippen molar-refractivity contribution < 1.29 is 8.42 Å². The molecule has 1 aliphatic rings. The molecule has 0 spiro atoms. The number of fused-ring (bicyclic) bond motifs is 1. The Morgan fingerprint density at radius 2 is 2.07 bits per heavy atom. The maximum atomic E-state index is 11.7. The summed E-state index contributed by atoms with van der Waals surface area (Å²) in [5.74, 6) is 0. The van der Waals surface area contributed by atoms with Crippen LogP contribution in [-0.4, -0.2) is 14.5 Å². The summed E-state index contributed by atoms with van der Waals surface area (Å²) in [6, 6.07) is 4.51. The number of nitrogens with two attached hydrogens (primary N) is 1. The summed E-state index contributed by atoms with van der Waals surface area (Å²) < 4.78 is 23.5. The van der Waals surface area contributed by atoms with Gasteiger partial charge in [-0.2, -0.15) is 0 Å². The molecule has 1 heterocycles. The first kappa shape index (κ1) is 10.7. The molecule has 0 saturated carbocycles. The maximum Gasteiger partial charge on any atom is 0.200 e. The van der Waals surface area contributed by atoms with Crippen LogP contribution in [0, 0.1) is 0 Å². The highest BCUT2D eigenvalue weighted by molar-refractivity contribution is 7.95.